The SMILES string of the molecule is O=S(=O)(OC(c1ccc2ccccc2c1)S(=O)(=O)O)c1c(C23CC4CC(CC(C4)C2)C3)cc(C23CC4CC(CC(C4)C2)C3)cc1C12CC3CC(CC(C3)C1)C2. The first-order valence-electron chi connectivity index (χ1n) is 21.9. The van der Waals surface area contributed by atoms with Crippen LogP contribution >= 0.6 is 0 Å². The van der Waals surface area contributed by atoms with Crippen LogP contribution in [0, 0.1) is 53.3 Å². The average molecular weight is 781 g/mol. The summed E-state index contributed by atoms with van der Waals surface area (Å²) in [7, 11) is -9.69. The van der Waals surface area contributed by atoms with Gasteiger partial charge < -0.3 is 0 Å². The zero-order chi connectivity index (χ0) is 37.1. The van der Waals surface area contributed by atoms with Gasteiger partial charge in [0.2, 0.25) is 5.44 Å². The zero-order valence-corrected chi connectivity index (χ0v) is 33.6. The van der Waals surface area contributed by atoms with Gasteiger partial charge in [-0.1, -0.05) is 48.5 Å². The molecular weight excluding hydrogens is 725 g/mol. The molecule has 0 aliphatic heterocycles. The largest absolute Gasteiger partial charge is 0.299 e. The fourth-order valence-corrected chi connectivity index (χ4v) is 19.9. The lowest BCUT2D eigenvalue weighted by atomic mass is 9.45. The molecule has 292 valence electrons. The van der Waals surface area contributed by atoms with Crippen molar-refractivity contribution >= 4 is 31.0 Å². The Bertz CT molecular complexity index is 2150. The zero-order valence-electron chi connectivity index (χ0n) is 32.0. The van der Waals surface area contributed by atoms with E-state index < -0.39 is 25.7 Å². The van der Waals surface area contributed by atoms with Gasteiger partial charge in [-0.2, -0.15) is 16.8 Å². The summed E-state index contributed by atoms with van der Waals surface area (Å²) in [5.41, 5.74) is 0.993. The second-order valence-corrected chi connectivity index (χ2v) is 24.5. The Morgan fingerprint density at radius 2 is 0.891 bits per heavy atom. The average Bonchev–Trinajstić information content (AvgIpc) is 3.11. The molecule has 3 aromatic rings. The molecule has 0 saturated heterocycles. The molecule has 12 aliphatic rings. The highest BCUT2D eigenvalue weighted by Crippen LogP contribution is 2.67. The predicted molar refractivity (Wildman–Crippen MR) is 213 cm³/mol. The number of hydrogen-bond acceptors (Lipinski definition) is 5. The number of rotatable bonds is 8. The van der Waals surface area contributed by atoms with E-state index in [1.54, 1.807) is 18.2 Å². The molecule has 1 atom stereocenters. The van der Waals surface area contributed by atoms with E-state index in [4.69, 9.17) is 4.18 Å². The summed E-state index contributed by atoms with van der Waals surface area (Å²) >= 11 is 0. The monoisotopic (exact) mass is 780 g/mol. The minimum atomic E-state index is -4.98. The van der Waals surface area contributed by atoms with Crippen molar-refractivity contribution in [3.8, 4) is 0 Å². The van der Waals surface area contributed by atoms with Gasteiger partial charge in [0, 0.05) is 5.56 Å². The fraction of sp³-hybridized carbons (Fsp3) is 0.660. The van der Waals surface area contributed by atoms with E-state index in [9.17, 15) is 13.0 Å². The quantitative estimate of drug-likeness (QED) is 0.181. The lowest BCUT2D eigenvalue weighted by molar-refractivity contribution is -0.0138. The van der Waals surface area contributed by atoms with Gasteiger partial charge in [-0.3, -0.25) is 4.55 Å². The topological polar surface area (TPSA) is 97.7 Å². The summed E-state index contributed by atoms with van der Waals surface area (Å²) in [6.07, 6.45) is 21.3. The highest BCUT2D eigenvalue weighted by molar-refractivity contribution is 7.89. The van der Waals surface area contributed by atoms with E-state index >= 15 is 8.42 Å². The van der Waals surface area contributed by atoms with Gasteiger partial charge in [0.05, 0.1) is 0 Å². The molecule has 0 aromatic heterocycles. The predicted octanol–water partition coefficient (Wildman–Crippen LogP) is 10.5. The molecule has 0 radical (unpaired) electrons. The molecule has 1 N–H and O–H groups in total. The van der Waals surface area contributed by atoms with Gasteiger partial charge in [0.25, 0.3) is 20.2 Å². The van der Waals surface area contributed by atoms with Crippen molar-refractivity contribution in [1.82, 2.24) is 0 Å². The summed E-state index contributed by atoms with van der Waals surface area (Å²) in [6.45, 7) is 0. The van der Waals surface area contributed by atoms with Crippen LogP contribution in [0.25, 0.3) is 10.8 Å². The van der Waals surface area contributed by atoms with Gasteiger partial charge in [-0.05, 0) is 219 Å². The van der Waals surface area contributed by atoms with Crippen molar-refractivity contribution in [3.05, 3.63) is 76.9 Å². The summed E-state index contributed by atoms with van der Waals surface area (Å²) in [4.78, 5) is 0.305. The van der Waals surface area contributed by atoms with Crippen LogP contribution in [-0.2, 0) is 40.7 Å². The van der Waals surface area contributed by atoms with Crippen LogP contribution in [0.3, 0.4) is 0 Å². The Morgan fingerprint density at radius 3 is 1.29 bits per heavy atom. The second-order valence-electron chi connectivity index (χ2n) is 21.5. The van der Waals surface area contributed by atoms with Crippen LogP contribution in [0.2, 0.25) is 0 Å². The Morgan fingerprint density at radius 1 is 0.509 bits per heavy atom. The molecule has 1 unspecified atom stereocenters. The molecule has 0 heterocycles. The highest BCUT2D eigenvalue weighted by Gasteiger charge is 2.59. The minimum absolute atomic E-state index is 0.0913. The Balaban J connectivity index is 1.09. The molecule has 12 bridgehead atoms. The second kappa shape index (κ2) is 11.7. The first kappa shape index (κ1) is 34.8. The standard InChI is InChI=1S/C47H56O6S2/c48-54(49,50)44(39-6-5-37-3-1-2-4-38(37)16-39)53-55(51,52)43-41(46-22-31-10-32(23-46)12-33(11-31)24-46)17-40(45-19-28-7-29(20-45)9-30(8-28)21-45)18-42(43)47-25-34-13-35(26-47)15-36(14-34)27-47/h1-6,16-18,28-36,44H,7-15,19-27H2,(H,48,49,50). The summed E-state index contributed by atoms with van der Waals surface area (Å²) in [5, 5.41) is 1.66. The van der Waals surface area contributed by atoms with Crippen LogP contribution in [0.1, 0.15) is 143 Å². The summed E-state index contributed by atoms with van der Waals surface area (Å²) in [6, 6.07) is 17.4. The van der Waals surface area contributed by atoms with Gasteiger partial charge in [0.1, 0.15) is 4.90 Å². The smallest absolute Gasteiger partial charge is 0.283 e. The molecule has 12 fully saturated rings. The maximum absolute atomic E-state index is 15.7. The van der Waals surface area contributed by atoms with Gasteiger partial charge in [0.15, 0.2) is 0 Å². The van der Waals surface area contributed by atoms with E-state index in [2.05, 4.69) is 12.1 Å². The van der Waals surface area contributed by atoms with E-state index in [0.29, 0.717) is 40.4 Å². The molecule has 6 nitrogen and oxygen atoms in total. The normalized spacial score (nSPS) is 42.7. The van der Waals surface area contributed by atoms with Crippen LogP contribution in [-0.4, -0.2) is 21.4 Å². The lowest BCUT2D eigenvalue weighted by Gasteiger charge is -2.60. The molecule has 15 rings (SSSR count). The summed E-state index contributed by atoms with van der Waals surface area (Å²) in [5.74, 6) is 5.95. The number of fused-ring (bicyclic) bond motifs is 1. The highest BCUT2D eigenvalue weighted by atomic mass is 32.2. The van der Waals surface area contributed by atoms with Crippen LogP contribution in [0.4, 0.5) is 0 Å². The maximum Gasteiger partial charge on any atom is 0.299 e. The fourth-order valence-electron chi connectivity index (χ4n) is 17.1. The van der Waals surface area contributed by atoms with Crippen molar-refractivity contribution in [2.75, 3.05) is 0 Å². The molecule has 12 aliphatic carbocycles. The van der Waals surface area contributed by atoms with Gasteiger partial charge in [-0.15, -0.1) is 0 Å². The van der Waals surface area contributed by atoms with E-state index in [-0.39, 0.29) is 21.8 Å². The van der Waals surface area contributed by atoms with Crippen LogP contribution in [0.5, 0.6) is 0 Å². The first-order valence-corrected chi connectivity index (χ1v) is 24.8. The number of benzene rings is 3. The third-order valence-electron chi connectivity index (χ3n) is 17.7. The minimum Gasteiger partial charge on any atom is -0.283 e. The Labute approximate surface area is 327 Å². The van der Waals surface area contributed by atoms with Crippen LogP contribution < -0.4 is 0 Å². The lowest BCUT2D eigenvalue weighted by Crippen LogP contribution is -2.52. The van der Waals surface area contributed by atoms with Gasteiger partial charge >= 0.3 is 0 Å². The van der Waals surface area contributed by atoms with E-state index in [1.165, 1.54) is 82.6 Å². The molecule has 0 spiro atoms. The third-order valence-corrected chi connectivity index (χ3v) is 20.2. The van der Waals surface area contributed by atoms with Crippen molar-refractivity contribution in [1.29, 1.82) is 0 Å². The van der Waals surface area contributed by atoms with E-state index in [0.717, 1.165) is 78.2 Å². The number of hydrogen-bond donors (Lipinski definition) is 1. The molecule has 0 amide bonds. The molecule has 8 heteroatoms. The third kappa shape index (κ3) is 5.42. The molecule has 3 aromatic carbocycles. The molecular formula is C47H56O6S2. The molecule has 12 saturated carbocycles. The van der Waals surface area contributed by atoms with Gasteiger partial charge in [-0.25, -0.2) is 4.18 Å². The Kier molecular flexibility index (Phi) is 7.39. The van der Waals surface area contributed by atoms with Crippen molar-refractivity contribution in [2.45, 2.75) is 142 Å². The van der Waals surface area contributed by atoms with Crippen molar-refractivity contribution in [3.63, 3.8) is 0 Å². The van der Waals surface area contributed by atoms with Crippen molar-refractivity contribution in [2.24, 2.45) is 53.3 Å². The maximum atomic E-state index is 15.7. The first-order chi connectivity index (χ1) is 26.3. The summed E-state index contributed by atoms with van der Waals surface area (Å²) < 4.78 is 75.2. The molecule has 55 heavy (non-hydrogen) atoms. The van der Waals surface area contributed by atoms with Crippen molar-refractivity contribution < 1.29 is 25.6 Å². The Hall–Kier alpha value is -2.26. The van der Waals surface area contributed by atoms with Crippen LogP contribution in [0.15, 0.2) is 59.5 Å². The van der Waals surface area contributed by atoms with E-state index in [1.807, 2.05) is 24.3 Å².